The zero-order valence-electron chi connectivity index (χ0n) is 14.3. The molecule has 0 bridgehead atoms. The van der Waals surface area contributed by atoms with Gasteiger partial charge < -0.3 is 9.47 Å². The maximum Gasteiger partial charge on any atom is 0.312 e. The first-order valence-electron chi connectivity index (χ1n) is 7.74. The molecule has 0 aliphatic carbocycles. The van der Waals surface area contributed by atoms with Crippen molar-refractivity contribution in [2.24, 2.45) is 16.2 Å². The summed E-state index contributed by atoms with van der Waals surface area (Å²) in [5.41, 5.74) is -0.525. The number of rotatable bonds is 4. The van der Waals surface area contributed by atoms with Gasteiger partial charge in [-0.05, 0) is 37.0 Å². The van der Waals surface area contributed by atoms with Crippen molar-refractivity contribution in [1.82, 2.24) is 0 Å². The van der Waals surface area contributed by atoms with Crippen LogP contribution >= 0.6 is 0 Å². The highest BCUT2D eigenvalue weighted by Crippen LogP contribution is 2.47. The Labute approximate surface area is 124 Å². The second-order valence-electron chi connectivity index (χ2n) is 8.55. The zero-order chi connectivity index (χ0) is 15.6. The Morgan fingerprint density at radius 3 is 2.15 bits per heavy atom. The smallest absolute Gasteiger partial charge is 0.312 e. The van der Waals surface area contributed by atoms with Gasteiger partial charge in [0.2, 0.25) is 0 Å². The Morgan fingerprint density at radius 1 is 1.15 bits per heavy atom. The minimum absolute atomic E-state index is 0.0876. The van der Waals surface area contributed by atoms with Gasteiger partial charge in [-0.3, -0.25) is 4.79 Å². The van der Waals surface area contributed by atoms with Crippen LogP contribution in [-0.2, 0) is 14.3 Å². The van der Waals surface area contributed by atoms with Crippen LogP contribution in [-0.4, -0.2) is 25.3 Å². The molecule has 20 heavy (non-hydrogen) atoms. The quantitative estimate of drug-likeness (QED) is 0.726. The highest BCUT2D eigenvalue weighted by Gasteiger charge is 2.47. The van der Waals surface area contributed by atoms with Gasteiger partial charge in [0, 0.05) is 6.61 Å². The molecular formula is C17H32O3. The van der Waals surface area contributed by atoms with E-state index in [0.717, 1.165) is 25.9 Å². The van der Waals surface area contributed by atoms with Gasteiger partial charge in [-0.15, -0.1) is 0 Å². The SMILES string of the molecule is CC(C)(C)CC(C)(C(=O)OCC1CCCO1)C(C)(C)C. The standard InChI is InChI=1S/C17H32O3/c1-15(2,3)12-17(7,16(4,5)6)14(18)20-11-13-9-8-10-19-13/h13H,8-12H2,1-7H3. The van der Waals surface area contributed by atoms with Crippen LogP contribution in [0.4, 0.5) is 0 Å². The van der Waals surface area contributed by atoms with Crippen LogP contribution in [0.3, 0.4) is 0 Å². The molecule has 118 valence electrons. The summed E-state index contributed by atoms with van der Waals surface area (Å²) in [6, 6.07) is 0. The van der Waals surface area contributed by atoms with Crippen molar-refractivity contribution in [3.05, 3.63) is 0 Å². The van der Waals surface area contributed by atoms with E-state index < -0.39 is 5.41 Å². The first-order valence-corrected chi connectivity index (χ1v) is 7.74. The third-order valence-corrected chi connectivity index (χ3v) is 4.41. The molecule has 1 fully saturated rings. The maximum absolute atomic E-state index is 12.7. The first kappa shape index (κ1) is 17.5. The van der Waals surface area contributed by atoms with E-state index in [1.807, 2.05) is 6.92 Å². The molecule has 0 aromatic heterocycles. The first-order chi connectivity index (χ1) is 8.96. The van der Waals surface area contributed by atoms with Gasteiger partial charge in [0.15, 0.2) is 0 Å². The molecule has 3 nitrogen and oxygen atoms in total. The van der Waals surface area contributed by atoms with Crippen LogP contribution in [0.15, 0.2) is 0 Å². The zero-order valence-corrected chi connectivity index (χ0v) is 14.3. The number of hydrogen-bond donors (Lipinski definition) is 0. The Hall–Kier alpha value is -0.570. The van der Waals surface area contributed by atoms with Gasteiger partial charge in [-0.1, -0.05) is 41.5 Å². The molecule has 0 N–H and O–H groups in total. The highest BCUT2D eigenvalue weighted by atomic mass is 16.6. The van der Waals surface area contributed by atoms with E-state index in [2.05, 4.69) is 41.5 Å². The predicted molar refractivity (Wildman–Crippen MR) is 81.6 cm³/mol. The Bertz CT molecular complexity index is 329. The number of carbonyl (C=O) groups is 1. The van der Waals surface area contributed by atoms with Crippen LogP contribution in [0.5, 0.6) is 0 Å². The van der Waals surface area contributed by atoms with Crippen molar-refractivity contribution in [2.75, 3.05) is 13.2 Å². The lowest BCUT2D eigenvalue weighted by molar-refractivity contribution is -0.167. The number of hydrogen-bond acceptors (Lipinski definition) is 3. The summed E-state index contributed by atoms with van der Waals surface area (Å²) in [5.74, 6) is -0.0876. The molecule has 1 aliphatic rings. The fourth-order valence-electron chi connectivity index (χ4n) is 2.81. The van der Waals surface area contributed by atoms with Crippen molar-refractivity contribution in [1.29, 1.82) is 0 Å². The van der Waals surface area contributed by atoms with Gasteiger partial charge in [-0.2, -0.15) is 0 Å². The fraction of sp³-hybridized carbons (Fsp3) is 0.941. The lowest BCUT2D eigenvalue weighted by Gasteiger charge is -2.43. The molecule has 2 atom stereocenters. The summed E-state index contributed by atoms with van der Waals surface area (Å²) in [5, 5.41) is 0. The maximum atomic E-state index is 12.7. The summed E-state index contributed by atoms with van der Waals surface area (Å²) in [6.07, 6.45) is 2.98. The van der Waals surface area contributed by atoms with Crippen molar-refractivity contribution < 1.29 is 14.3 Å². The van der Waals surface area contributed by atoms with Crippen molar-refractivity contribution >= 4 is 5.97 Å². The minimum Gasteiger partial charge on any atom is -0.462 e. The molecule has 1 aliphatic heterocycles. The van der Waals surface area contributed by atoms with Gasteiger partial charge in [0.25, 0.3) is 0 Å². The van der Waals surface area contributed by atoms with Gasteiger partial charge in [0.05, 0.1) is 11.5 Å². The van der Waals surface area contributed by atoms with E-state index in [0.29, 0.717) is 6.61 Å². The molecule has 0 aromatic carbocycles. The third-order valence-electron chi connectivity index (χ3n) is 4.41. The van der Waals surface area contributed by atoms with Gasteiger partial charge in [-0.25, -0.2) is 0 Å². The van der Waals surface area contributed by atoms with E-state index in [1.165, 1.54) is 0 Å². The third kappa shape index (κ3) is 4.47. The van der Waals surface area contributed by atoms with E-state index >= 15 is 0 Å². The number of carbonyl (C=O) groups excluding carboxylic acids is 1. The van der Waals surface area contributed by atoms with Crippen LogP contribution in [0.2, 0.25) is 0 Å². The highest BCUT2D eigenvalue weighted by molar-refractivity contribution is 5.77. The molecule has 0 radical (unpaired) electrons. The van der Waals surface area contributed by atoms with Crippen LogP contribution < -0.4 is 0 Å². The van der Waals surface area contributed by atoms with E-state index in [9.17, 15) is 4.79 Å². The fourth-order valence-corrected chi connectivity index (χ4v) is 2.81. The summed E-state index contributed by atoms with van der Waals surface area (Å²) in [4.78, 5) is 12.7. The Kier molecular flexibility index (Phi) is 5.29. The summed E-state index contributed by atoms with van der Waals surface area (Å²) < 4.78 is 11.1. The second kappa shape index (κ2) is 6.05. The average molecular weight is 284 g/mol. The predicted octanol–water partition coefficient (Wildman–Crippen LogP) is 4.20. The lowest BCUT2D eigenvalue weighted by atomic mass is 9.61. The monoisotopic (exact) mass is 284 g/mol. The Morgan fingerprint density at radius 2 is 1.75 bits per heavy atom. The molecular weight excluding hydrogens is 252 g/mol. The molecule has 2 unspecified atom stereocenters. The number of ether oxygens (including phenoxy) is 2. The van der Waals surface area contributed by atoms with Crippen molar-refractivity contribution in [3.63, 3.8) is 0 Å². The topological polar surface area (TPSA) is 35.5 Å². The summed E-state index contributed by atoms with van der Waals surface area (Å²) >= 11 is 0. The van der Waals surface area contributed by atoms with E-state index in [-0.39, 0.29) is 22.9 Å². The van der Waals surface area contributed by atoms with Gasteiger partial charge >= 0.3 is 5.97 Å². The van der Waals surface area contributed by atoms with Gasteiger partial charge in [0.1, 0.15) is 6.61 Å². The van der Waals surface area contributed by atoms with E-state index in [1.54, 1.807) is 0 Å². The van der Waals surface area contributed by atoms with Crippen LogP contribution in [0.25, 0.3) is 0 Å². The number of esters is 1. The second-order valence-corrected chi connectivity index (χ2v) is 8.55. The normalized spacial score (nSPS) is 23.4. The molecule has 0 spiro atoms. The summed E-state index contributed by atoms with van der Waals surface area (Å²) in [6.45, 7) is 16.1. The van der Waals surface area contributed by atoms with Crippen LogP contribution in [0.1, 0.15) is 67.7 Å². The molecule has 3 heteroatoms. The molecule has 1 rings (SSSR count). The van der Waals surface area contributed by atoms with E-state index in [4.69, 9.17) is 9.47 Å². The average Bonchev–Trinajstić information content (AvgIpc) is 2.74. The summed E-state index contributed by atoms with van der Waals surface area (Å²) in [7, 11) is 0. The molecule has 0 saturated carbocycles. The molecule has 1 saturated heterocycles. The molecule has 1 heterocycles. The van der Waals surface area contributed by atoms with Crippen molar-refractivity contribution in [3.8, 4) is 0 Å². The molecule has 0 amide bonds. The van der Waals surface area contributed by atoms with Crippen LogP contribution in [0, 0.1) is 16.2 Å². The minimum atomic E-state index is -0.482. The lowest BCUT2D eigenvalue weighted by Crippen LogP contribution is -2.45. The largest absolute Gasteiger partial charge is 0.462 e. The Balaban J connectivity index is 2.74. The molecule has 0 aromatic rings. The van der Waals surface area contributed by atoms with Crippen molar-refractivity contribution in [2.45, 2.75) is 73.8 Å².